The number of para-hydroxylation sites is 1. The number of nitrogens with zero attached hydrogens (tertiary/aromatic N) is 1. The van der Waals surface area contributed by atoms with Crippen molar-refractivity contribution in [3.63, 3.8) is 0 Å². The molecule has 0 aliphatic rings. The van der Waals surface area contributed by atoms with Crippen molar-refractivity contribution in [1.29, 1.82) is 0 Å². The van der Waals surface area contributed by atoms with Crippen molar-refractivity contribution in [3.8, 4) is 5.75 Å². The summed E-state index contributed by atoms with van der Waals surface area (Å²) in [5.74, 6) is -0.611. The van der Waals surface area contributed by atoms with Crippen LogP contribution in [0.3, 0.4) is 0 Å². The number of nitro groups is 1. The van der Waals surface area contributed by atoms with Crippen LogP contribution in [0.2, 0.25) is 0 Å². The van der Waals surface area contributed by atoms with Crippen LogP contribution in [0.15, 0.2) is 48.5 Å². The normalized spacial score (nSPS) is 9.97. The molecule has 0 unspecified atom stereocenters. The molecule has 0 aliphatic carbocycles. The Hall–Kier alpha value is -3.53. The standard InChI is InChI=1S/C19H20N4O5S/c1-2-3-12-28-16-7-5-4-6-15(16)18(25)21-22-19(29)20-17(24)13-8-10-14(11-9-13)23(26)27/h4-11H,2-3,12H2,1H3,(H,21,25)(H2,20,22,24,29). The van der Waals surface area contributed by atoms with Gasteiger partial charge in [-0.2, -0.15) is 0 Å². The minimum absolute atomic E-state index is 0.130. The maximum Gasteiger partial charge on any atom is 0.273 e. The highest BCUT2D eigenvalue weighted by atomic mass is 32.1. The average Bonchev–Trinajstić information content (AvgIpc) is 2.72. The first kappa shape index (κ1) is 21.8. The number of unbranched alkanes of at least 4 members (excludes halogenated alkanes) is 1. The van der Waals surface area contributed by atoms with E-state index in [1.54, 1.807) is 24.3 Å². The van der Waals surface area contributed by atoms with Gasteiger partial charge in [-0.3, -0.25) is 35.9 Å². The lowest BCUT2D eigenvalue weighted by Crippen LogP contribution is -2.48. The number of ether oxygens (including phenoxy) is 1. The van der Waals surface area contributed by atoms with Crippen molar-refractivity contribution in [2.24, 2.45) is 0 Å². The molecule has 0 fully saturated rings. The van der Waals surface area contributed by atoms with E-state index in [4.69, 9.17) is 17.0 Å². The van der Waals surface area contributed by atoms with Crippen molar-refractivity contribution < 1.29 is 19.2 Å². The van der Waals surface area contributed by atoms with Gasteiger partial charge in [0.2, 0.25) is 0 Å². The quantitative estimate of drug-likeness (QED) is 0.274. The molecule has 152 valence electrons. The molecule has 0 spiro atoms. The zero-order valence-electron chi connectivity index (χ0n) is 15.6. The number of nitro benzene ring substituents is 1. The van der Waals surface area contributed by atoms with Crippen LogP contribution in [-0.4, -0.2) is 28.5 Å². The maximum absolute atomic E-state index is 12.4. The maximum atomic E-state index is 12.4. The predicted octanol–water partition coefficient (Wildman–Crippen LogP) is 2.72. The summed E-state index contributed by atoms with van der Waals surface area (Å²) in [6.45, 7) is 2.54. The summed E-state index contributed by atoms with van der Waals surface area (Å²) in [6.07, 6.45) is 1.84. The molecule has 0 radical (unpaired) electrons. The number of thiocarbonyl (C=S) groups is 1. The molecular formula is C19H20N4O5S. The summed E-state index contributed by atoms with van der Waals surface area (Å²) < 4.78 is 5.62. The van der Waals surface area contributed by atoms with E-state index in [9.17, 15) is 19.7 Å². The van der Waals surface area contributed by atoms with Gasteiger partial charge in [-0.25, -0.2) is 0 Å². The van der Waals surface area contributed by atoms with E-state index in [0.29, 0.717) is 17.9 Å². The number of hydrogen-bond donors (Lipinski definition) is 3. The fourth-order valence-electron chi connectivity index (χ4n) is 2.23. The number of nitrogens with one attached hydrogen (secondary N) is 3. The van der Waals surface area contributed by atoms with Gasteiger partial charge in [0.25, 0.3) is 17.5 Å². The van der Waals surface area contributed by atoms with Crippen LogP contribution in [0.4, 0.5) is 5.69 Å². The van der Waals surface area contributed by atoms with E-state index < -0.39 is 16.7 Å². The number of hydrazine groups is 1. The van der Waals surface area contributed by atoms with Gasteiger partial charge >= 0.3 is 0 Å². The molecule has 0 aliphatic heterocycles. The molecule has 0 bridgehead atoms. The number of benzene rings is 2. The Kier molecular flexibility index (Phi) is 8.04. The van der Waals surface area contributed by atoms with Crippen molar-refractivity contribution in [3.05, 3.63) is 69.8 Å². The zero-order chi connectivity index (χ0) is 21.2. The lowest BCUT2D eigenvalue weighted by molar-refractivity contribution is -0.384. The Balaban J connectivity index is 1.89. The number of amides is 2. The predicted molar refractivity (Wildman–Crippen MR) is 111 cm³/mol. The fourth-order valence-corrected chi connectivity index (χ4v) is 2.37. The molecule has 9 nitrogen and oxygen atoms in total. The second kappa shape index (κ2) is 10.7. The molecule has 10 heteroatoms. The van der Waals surface area contributed by atoms with E-state index in [2.05, 4.69) is 16.2 Å². The van der Waals surface area contributed by atoms with Gasteiger partial charge in [-0.1, -0.05) is 25.5 Å². The molecule has 0 atom stereocenters. The minimum atomic E-state index is -0.574. The lowest BCUT2D eigenvalue weighted by atomic mass is 10.2. The highest BCUT2D eigenvalue weighted by molar-refractivity contribution is 7.80. The molecule has 2 rings (SSSR count). The topological polar surface area (TPSA) is 123 Å². The van der Waals surface area contributed by atoms with Gasteiger partial charge in [-0.05, 0) is 42.9 Å². The first-order valence-corrected chi connectivity index (χ1v) is 9.21. The van der Waals surface area contributed by atoms with Gasteiger partial charge < -0.3 is 4.74 Å². The van der Waals surface area contributed by atoms with Crippen LogP contribution >= 0.6 is 12.2 Å². The molecule has 2 amide bonds. The van der Waals surface area contributed by atoms with E-state index >= 15 is 0 Å². The first-order valence-electron chi connectivity index (χ1n) is 8.80. The largest absolute Gasteiger partial charge is 0.493 e. The van der Waals surface area contributed by atoms with Crippen LogP contribution < -0.4 is 20.9 Å². The van der Waals surface area contributed by atoms with Gasteiger partial charge in [0.15, 0.2) is 5.11 Å². The van der Waals surface area contributed by atoms with E-state index in [1.807, 2.05) is 6.92 Å². The van der Waals surface area contributed by atoms with Crippen LogP contribution in [0.5, 0.6) is 5.75 Å². The Morgan fingerprint density at radius 2 is 1.76 bits per heavy atom. The van der Waals surface area contributed by atoms with E-state index in [0.717, 1.165) is 12.8 Å². The SMILES string of the molecule is CCCCOc1ccccc1C(=O)NNC(=S)NC(=O)c1ccc([N+](=O)[O-])cc1. The Morgan fingerprint density at radius 1 is 1.07 bits per heavy atom. The third-order valence-corrected chi connectivity index (χ3v) is 3.95. The number of rotatable bonds is 7. The summed E-state index contributed by atoms with van der Waals surface area (Å²) in [4.78, 5) is 34.6. The number of carbonyl (C=O) groups excluding carboxylic acids is 2. The summed E-state index contributed by atoms with van der Waals surface area (Å²) >= 11 is 4.99. The highest BCUT2D eigenvalue weighted by Crippen LogP contribution is 2.18. The fraction of sp³-hybridized carbons (Fsp3) is 0.211. The third kappa shape index (κ3) is 6.54. The molecule has 0 saturated carbocycles. The average molecular weight is 416 g/mol. The zero-order valence-corrected chi connectivity index (χ0v) is 16.5. The van der Waals surface area contributed by atoms with Crippen molar-refractivity contribution in [2.45, 2.75) is 19.8 Å². The molecule has 3 N–H and O–H groups in total. The molecule has 0 heterocycles. The highest BCUT2D eigenvalue weighted by Gasteiger charge is 2.14. The Bertz CT molecular complexity index is 902. The third-order valence-electron chi connectivity index (χ3n) is 3.74. The number of hydrogen-bond acceptors (Lipinski definition) is 6. The monoisotopic (exact) mass is 416 g/mol. The van der Waals surface area contributed by atoms with Gasteiger partial charge in [0, 0.05) is 17.7 Å². The second-order valence-corrected chi connectivity index (χ2v) is 6.27. The molecule has 2 aromatic carbocycles. The summed E-state index contributed by atoms with van der Waals surface area (Å²) in [5, 5.41) is 12.9. The Labute approximate surface area is 172 Å². The lowest BCUT2D eigenvalue weighted by Gasteiger charge is -2.13. The van der Waals surface area contributed by atoms with E-state index in [-0.39, 0.29) is 16.4 Å². The van der Waals surface area contributed by atoms with Gasteiger partial charge in [0.1, 0.15) is 5.75 Å². The van der Waals surface area contributed by atoms with Crippen LogP contribution in [0, 0.1) is 10.1 Å². The van der Waals surface area contributed by atoms with Crippen molar-refractivity contribution >= 4 is 34.8 Å². The van der Waals surface area contributed by atoms with E-state index in [1.165, 1.54) is 24.3 Å². The van der Waals surface area contributed by atoms with Crippen LogP contribution in [-0.2, 0) is 0 Å². The summed E-state index contributed by atoms with van der Waals surface area (Å²) in [5.41, 5.74) is 5.21. The molecular weight excluding hydrogens is 396 g/mol. The smallest absolute Gasteiger partial charge is 0.273 e. The molecule has 0 aromatic heterocycles. The molecule has 29 heavy (non-hydrogen) atoms. The first-order chi connectivity index (χ1) is 13.9. The van der Waals surface area contributed by atoms with Gasteiger partial charge in [0.05, 0.1) is 17.1 Å². The van der Waals surface area contributed by atoms with Crippen molar-refractivity contribution in [2.75, 3.05) is 6.61 Å². The minimum Gasteiger partial charge on any atom is -0.493 e. The number of non-ortho nitro benzene ring substituents is 1. The van der Waals surface area contributed by atoms with Crippen molar-refractivity contribution in [1.82, 2.24) is 16.2 Å². The molecule has 0 saturated heterocycles. The van der Waals surface area contributed by atoms with Gasteiger partial charge in [-0.15, -0.1) is 0 Å². The summed E-state index contributed by atoms with van der Waals surface area (Å²) in [6, 6.07) is 11.8. The molecule has 2 aromatic rings. The summed E-state index contributed by atoms with van der Waals surface area (Å²) in [7, 11) is 0. The number of carbonyl (C=O) groups is 2. The van der Waals surface area contributed by atoms with Crippen LogP contribution in [0.25, 0.3) is 0 Å². The Morgan fingerprint density at radius 3 is 2.41 bits per heavy atom. The second-order valence-electron chi connectivity index (χ2n) is 5.86. The van der Waals surface area contributed by atoms with Crippen LogP contribution in [0.1, 0.15) is 40.5 Å².